The number of carbonyl (C=O) groups is 2. The van der Waals surface area contributed by atoms with Crippen LogP contribution in [-0.4, -0.2) is 40.0 Å². The van der Waals surface area contributed by atoms with Gasteiger partial charge in [0.25, 0.3) is 0 Å². The summed E-state index contributed by atoms with van der Waals surface area (Å²) in [6, 6.07) is 0. The zero-order valence-corrected chi connectivity index (χ0v) is 15.8. The molecule has 9 heteroatoms. The highest BCUT2D eigenvalue weighted by molar-refractivity contribution is 8.25. The lowest BCUT2D eigenvalue weighted by Crippen LogP contribution is -2.35. The topological polar surface area (TPSA) is 78.9 Å². The number of cyclic esters (lactones) is 2. The summed E-state index contributed by atoms with van der Waals surface area (Å²) in [5.74, 6) is -2.18. The molecule has 0 aliphatic carbocycles. The van der Waals surface area contributed by atoms with Crippen LogP contribution in [0.25, 0.3) is 0 Å². The van der Waals surface area contributed by atoms with Gasteiger partial charge in [-0.05, 0) is 34.0 Å². The van der Waals surface area contributed by atoms with Gasteiger partial charge in [0.2, 0.25) is 0 Å². The molecule has 126 valence electrons. The van der Waals surface area contributed by atoms with Crippen molar-refractivity contribution in [1.29, 1.82) is 0 Å². The van der Waals surface area contributed by atoms with Crippen molar-refractivity contribution in [3.8, 4) is 0 Å². The fourth-order valence-corrected chi connectivity index (χ4v) is 9.40. The molecule has 0 radical (unpaired) electrons. The molecule has 0 aromatic heterocycles. The van der Waals surface area contributed by atoms with Gasteiger partial charge in [-0.1, -0.05) is 0 Å². The van der Waals surface area contributed by atoms with E-state index < -0.39 is 35.2 Å². The molecule has 2 aliphatic heterocycles. The fourth-order valence-electron chi connectivity index (χ4n) is 2.68. The van der Waals surface area contributed by atoms with Crippen LogP contribution in [0, 0.1) is 11.8 Å². The highest BCUT2D eigenvalue weighted by atomic mass is 32.2. The number of fused-ring (bicyclic) bond motifs is 1. The minimum absolute atomic E-state index is 0.332. The monoisotopic (exact) mass is 368 g/mol. The van der Waals surface area contributed by atoms with E-state index in [0.29, 0.717) is 5.75 Å². The smallest absolute Gasteiger partial charge is 0.357 e. The predicted molar refractivity (Wildman–Crippen MR) is 86.8 cm³/mol. The first-order valence-electron chi connectivity index (χ1n) is 7.08. The Hall–Kier alpha value is -0.0100. The Balaban J connectivity index is 2.48. The van der Waals surface area contributed by atoms with E-state index in [-0.39, 0.29) is 12.2 Å². The van der Waals surface area contributed by atoms with Crippen molar-refractivity contribution in [2.24, 2.45) is 11.8 Å². The Labute approximate surface area is 138 Å². The maximum Gasteiger partial charge on any atom is 0.357 e. The molecule has 2 rings (SSSR count). The van der Waals surface area contributed by atoms with Crippen molar-refractivity contribution < 1.29 is 27.9 Å². The number of carbonyl (C=O) groups excluding carboxylic acids is 2. The van der Waals surface area contributed by atoms with Crippen molar-refractivity contribution in [1.82, 2.24) is 0 Å². The molecule has 2 aliphatic rings. The van der Waals surface area contributed by atoms with Crippen molar-refractivity contribution in [3.63, 3.8) is 0 Å². The molecule has 0 aromatic carbocycles. The molecule has 0 N–H and O–H groups in total. The van der Waals surface area contributed by atoms with Crippen LogP contribution in [0.4, 0.5) is 0 Å². The summed E-state index contributed by atoms with van der Waals surface area (Å²) in [6.07, 6.45) is 1.09. The van der Waals surface area contributed by atoms with Gasteiger partial charge < -0.3 is 13.8 Å². The number of esters is 2. The molecule has 3 atom stereocenters. The number of rotatable bonds is 6. The van der Waals surface area contributed by atoms with Crippen LogP contribution >= 0.6 is 31.1 Å². The van der Waals surface area contributed by atoms with Crippen molar-refractivity contribution >= 4 is 43.1 Å². The largest absolute Gasteiger partial charge is 0.393 e. The average molecular weight is 368 g/mol. The molecule has 2 heterocycles. The molecule has 0 bridgehead atoms. The molecule has 2 saturated heterocycles. The summed E-state index contributed by atoms with van der Waals surface area (Å²) in [5, 5.41) is 0. The highest BCUT2D eigenvalue weighted by Crippen LogP contribution is 2.77. The lowest BCUT2D eigenvalue weighted by atomic mass is 9.99. The van der Waals surface area contributed by atoms with Gasteiger partial charge in [-0.15, -0.1) is 23.5 Å². The van der Waals surface area contributed by atoms with Crippen LogP contribution in [0.1, 0.15) is 27.7 Å². The second-order valence-corrected chi connectivity index (χ2v) is 11.1. The van der Waals surface area contributed by atoms with Crippen LogP contribution in [0.3, 0.4) is 0 Å². The summed E-state index contributed by atoms with van der Waals surface area (Å²) in [5.41, 5.74) is 0. The Morgan fingerprint density at radius 1 is 1.23 bits per heavy atom. The van der Waals surface area contributed by atoms with Gasteiger partial charge >= 0.3 is 19.5 Å². The van der Waals surface area contributed by atoms with Gasteiger partial charge in [0.1, 0.15) is 5.92 Å². The molecule has 2 fully saturated rings. The van der Waals surface area contributed by atoms with E-state index in [4.69, 9.17) is 13.8 Å². The Morgan fingerprint density at radius 3 is 2.23 bits per heavy atom. The summed E-state index contributed by atoms with van der Waals surface area (Å²) in [7, 11) is -3.67. The number of thioether (sulfide) groups is 2. The average Bonchev–Trinajstić information content (AvgIpc) is 2.88. The first-order valence-corrected chi connectivity index (χ1v) is 10.8. The molecule has 0 unspecified atom stereocenters. The molecular formula is C13H21O6PS2. The zero-order valence-electron chi connectivity index (χ0n) is 13.2. The van der Waals surface area contributed by atoms with Gasteiger partial charge in [0.15, 0.2) is 3.82 Å². The van der Waals surface area contributed by atoms with Crippen LogP contribution in [0.15, 0.2) is 0 Å². The second-order valence-electron chi connectivity index (χ2n) is 5.78. The predicted octanol–water partition coefficient (Wildman–Crippen LogP) is 3.11. The third-order valence-electron chi connectivity index (χ3n) is 3.40. The lowest BCUT2D eigenvalue weighted by molar-refractivity contribution is -0.153. The maximum absolute atomic E-state index is 13.6. The van der Waals surface area contributed by atoms with Crippen LogP contribution < -0.4 is 0 Å². The van der Waals surface area contributed by atoms with E-state index in [1.165, 1.54) is 23.5 Å². The van der Waals surface area contributed by atoms with Gasteiger partial charge in [0, 0.05) is 5.75 Å². The van der Waals surface area contributed by atoms with Crippen LogP contribution in [0.5, 0.6) is 0 Å². The summed E-state index contributed by atoms with van der Waals surface area (Å²) < 4.78 is 28.6. The molecule has 0 saturated carbocycles. The van der Waals surface area contributed by atoms with E-state index in [1.807, 2.05) is 0 Å². The summed E-state index contributed by atoms with van der Waals surface area (Å²) in [4.78, 5) is 24.0. The lowest BCUT2D eigenvalue weighted by Gasteiger charge is -2.38. The molecule has 22 heavy (non-hydrogen) atoms. The standard InChI is InChI=1S/C13H21O6PS2/c1-7(2)18-20(16,19-8(3)4)13(21-5)10-9(6-22-13)11(14)17-12(10)15/h7-10H,6H2,1-5H3/t9-,10+,13-/m1/s1. The zero-order chi connectivity index (χ0) is 16.7. The van der Waals surface area contributed by atoms with Crippen LogP contribution in [0.2, 0.25) is 0 Å². The first kappa shape index (κ1) is 18.3. The number of hydrogen-bond donors (Lipinski definition) is 0. The molecule has 0 aromatic rings. The molecule has 0 spiro atoms. The third-order valence-corrected chi connectivity index (χ3v) is 11.0. The van der Waals surface area contributed by atoms with E-state index in [0.717, 1.165) is 0 Å². The van der Waals surface area contributed by atoms with Gasteiger partial charge in [-0.25, -0.2) is 0 Å². The van der Waals surface area contributed by atoms with Gasteiger partial charge in [-0.2, -0.15) is 0 Å². The first-order chi connectivity index (χ1) is 10.2. The summed E-state index contributed by atoms with van der Waals surface area (Å²) in [6.45, 7) is 7.05. The SMILES string of the molecule is CS[C@@]1(P(=O)(OC(C)C)OC(C)C)SC[C@H]2C(=O)OC(=O)[C@H]21. The Morgan fingerprint density at radius 2 is 1.77 bits per heavy atom. The van der Waals surface area contributed by atoms with Crippen molar-refractivity contribution in [2.45, 2.75) is 43.7 Å². The quantitative estimate of drug-likeness (QED) is 0.402. The molecular weight excluding hydrogens is 347 g/mol. The second kappa shape index (κ2) is 6.48. The number of hydrogen-bond acceptors (Lipinski definition) is 8. The highest BCUT2D eigenvalue weighted by Gasteiger charge is 2.70. The van der Waals surface area contributed by atoms with E-state index in [2.05, 4.69) is 0 Å². The maximum atomic E-state index is 13.6. The van der Waals surface area contributed by atoms with Gasteiger partial charge in [0.05, 0.1) is 18.1 Å². The molecule has 0 amide bonds. The van der Waals surface area contributed by atoms with Gasteiger partial charge in [-0.3, -0.25) is 14.2 Å². The Kier molecular flexibility index (Phi) is 5.40. The van der Waals surface area contributed by atoms with Crippen molar-refractivity contribution in [2.75, 3.05) is 12.0 Å². The van der Waals surface area contributed by atoms with E-state index in [9.17, 15) is 14.2 Å². The normalized spacial score (nSPS) is 32.0. The number of ether oxygens (including phenoxy) is 1. The Bertz CT molecular complexity index is 509. The fraction of sp³-hybridized carbons (Fsp3) is 0.846. The van der Waals surface area contributed by atoms with Crippen LogP contribution in [-0.2, 0) is 27.9 Å². The minimum atomic E-state index is -3.67. The summed E-state index contributed by atoms with van der Waals surface area (Å²) >= 11 is 2.56. The van der Waals surface area contributed by atoms with Crippen molar-refractivity contribution in [3.05, 3.63) is 0 Å². The van der Waals surface area contributed by atoms with E-state index >= 15 is 0 Å². The molecule has 6 nitrogen and oxygen atoms in total. The third kappa shape index (κ3) is 2.88. The van der Waals surface area contributed by atoms with E-state index in [1.54, 1.807) is 34.0 Å². The minimum Gasteiger partial charge on any atom is -0.393 e.